The lowest BCUT2D eigenvalue weighted by molar-refractivity contribution is 0.0353. The first-order chi connectivity index (χ1) is 8.81. The SMILES string of the molecule is Cc1cnc(CN2CCN(C)C(C)(C)C2)c(C)c1N. The number of hydrogen-bond donors (Lipinski definition) is 1. The van der Waals surface area contributed by atoms with Crippen molar-refractivity contribution < 1.29 is 0 Å². The number of nitrogens with zero attached hydrogens (tertiary/aromatic N) is 3. The zero-order valence-corrected chi connectivity index (χ0v) is 12.8. The third-order valence-corrected chi connectivity index (χ3v) is 4.44. The minimum Gasteiger partial charge on any atom is -0.398 e. The maximum absolute atomic E-state index is 6.10. The minimum atomic E-state index is 0.225. The van der Waals surface area contributed by atoms with Crippen LogP contribution in [0.1, 0.15) is 30.7 Å². The van der Waals surface area contributed by atoms with Crippen molar-refractivity contribution in [1.82, 2.24) is 14.8 Å². The van der Waals surface area contributed by atoms with Crippen LogP contribution in [0.5, 0.6) is 0 Å². The Bertz CT molecular complexity index is 467. The summed E-state index contributed by atoms with van der Waals surface area (Å²) in [5, 5.41) is 0. The molecule has 0 amide bonds. The highest BCUT2D eigenvalue weighted by atomic mass is 15.3. The summed E-state index contributed by atoms with van der Waals surface area (Å²) in [5.74, 6) is 0. The summed E-state index contributed by atoms with van der Waals surface area (Å²) in [6, 6.07) is 0. The van der Waals surface area contributed by atoms with E-state index in [1.807, 2.05) is 13.1 Å². The number of nitrogen functional groups attached to an aromatic ring is 1. The molecule has 1 aliphatic rings. The second-order valence-electron chi connectivity index (χ2n) is 6.37. The lowest BCUT2D eigenvalue weighted by atomic mass is 9.99. The Morgan fingerprint density at radius 1 is 1.32 bits per heavy atom. The van der Waals surface area contributed by atoms with Crippen molar-refractivity contribution in [2.75, 3.05) is 32.4 Å². The molecule has 0 bridgehead atoms. The zero-order chi connectivity index (χ0) is 14.2. The number of anilines is 1. The van der Waals surface area contributed by atoms with Crippen molar-refractivity contribution in [1.29, 1.82) is 0 Å². The van der Waals surface area contributed by atoms with Gasteiger partial charge in [0.05, 0.1) is 5.69 Å². The first-order valence-electron chi connectivity index (χ1n) is 6.95. The van der Waals surface area contributed by atoms with Crippen molar-refractivity contribution in [2.45, 2.75) is 39.8 Å². The second-order valence-corrected chi connectivity index (χ2v) is 6.37. The highest BCUT2D eigenvalue weighted by Gasteiger charge is 2.31. The fourth-order valence-corrected chi connectivity index (χ4v) is 2.64. The van der Waals surface area contributed by atoms with Crippen LogP contribution in [-0.2, 0) is 6.54 Å². The van der Waals surface area contributed by atoms with Crippen molar-refractivity contribution in [2.24, 2.45) is 0 Å². The summed E-state index contributed by atoms with van der Waals surface area (Å²) >= 11 is 0. The monoisotopic (exact) mass is 262 g/mol. The summed E-state index contributed by atoms with van der Waals surface area (Å²) in [5.41, 5.74) is 10.5. The molecule has 2 N–H and O–H groups in total. The summed E-state index contributed by atoms with van der Waals surface area (Å²) in [6.07, 6.45) is 1.89. The third-order valence-electron chi connectivity index (χ3n) is 4.44. The van der Waals surface area contributed by atoms with Crippen LogP contribution in [0.15, 0.2) is 6.20 Å². The molecular weight excluding hydrogens is 236 g/mol. The van der Waals surface area contributed by atoms with Crippen LogP contribution in [-0.4, -0.2) is 47.0 Å². The fraction of sp³-hybridized carbons (Fsp3) is 0.667. The van der Waals surface area contributed by atoms with Crippen molar-refractivity contribution in [3.05, 3.63) is 23.0 Å². The molecule has 0 atom stereocenters. The average molecular weight is 262 g/mol. The molecule has 2 heterocycles. The van der Waals surface area contributed by atoms with Gasteiger partial charge in [0, 0.05) is 43.6 Å². The first kappa shape index (κ1) is 14.3. The molecule has 106 valence electrons. The molecule has 0 radical (unpaired) electrons. The third kappa shape index (κ3) is 2.90. The normalized spacial score (nSPS) is 20.7. The van der Waals surface area contributed by atoms with Gasteiger partial charge in [-0.15, -0.1) is 0 Å². The van der Waals surface area contributed by atoms with Crippen molar-refractivity contribution >= 4 is 5.69 Å². The zero-order valence-electron chi connectivity index (χ0n) is 12.8. The van der Waals surface area contributed by atoms with Crippen LogP contribution in [0.3, 0.4) is 0 Å². The Kier molecular flexibility index (Phi) is 3.83. The number of hydrogen-bond acceptors (Lipinski definition) is 4. The molecule has 0 spiro atoms. The maximum Gasteiger partial charge on any atom is 0.0593 e. The quantitative estimate of drug-likeness (QED) is 0.883. The Morgan fingerprint density at radius 2 is 2.00 bits per heavy atom. The smallest absolute Gasteiger partial charge is 0.0593 e. The van der Waals surface area contributed by atoms with E-state index in [0.29, 0.717) is 0 Å². The molecule has 1 aliphatic heterocycles. The predicted molar refractivity (Wildman–Crippen MR) is 80.1 cm³/mol. The summed E-state index contributed by atoms with van der Waals surface area (Å²) in [7, 11) is 2.20. The van der Waals surface area contributed by atoms with E-state index in [-0.39, 0.29) is 5.54 Å². The van der Waals surface area contributed by atoms with Crippen LogP contribution in [0.4, 0.5) is 5.69 Å². The number of rotatable bonds is 2. The standard InChI is InChI=1S/C15H26N4/c1-11-8-17-13(12(2)14(11)16)9-19-7-6-18(5)15(3,4)10-19/h8H,6-7,9-10H2,1-5H3,(H2,16,17). The molecule has 2 rings (SSSR count). The van der Waals surface area contributed by atoms with Gasteiger partial charge in [-0.2, -0.15) is 0 Å². The topological polar surface area (TPSA) is 45.4 Å². The van der Waals surface area contributed by atoms with E-state index in [0.717, 1.165) is 48.7 Å². The molecule has 1 aromatic heterocycles. The van der Waals surface area contributed by atoms with E-state index in [4.69, 9.17) is 5.73 Å². The van der Waals surface area contributed by atoms with Crippen LogP contribution < -0.4 is 5.73 Å². The molecule has 0 aliphatic carbocycles. The van der Waals surface area contributed by atoms with E-state index in [1.165, 1.54) is 0 Å². The Morgan fingerprint density at radius 3 is 2.63 bits per heavy atom. The van der Waals surface area contributed by atoms with Gasteiger partial charge in [-0.25, -0.2) is 0 Å². The van der Waals surface area contributed by atoms with Gasteiger partial charge in [0.2, 0.25) is 0 Å². The van der Waals surface area contributed by atoms with E-state index in [1.54, 1.807) is 0 Å². The molecule has 0 aromatic carbocycles. The molecule has 4 nitrogen and oxygen atoms in total. The highest BCUT2D eigenvalue weighted by Crippen LogP contribution is 2.23. The summed E-state index contributed by atoms with van der Waals surface area (Å²) < 4.78 is 0. The number of pyridine rings is 1. The number of aromatic nitrogens is 1. The van der Waals surface area contributed by atoms with Gasteiger partial charge >= 0.3 is 0 Å². The van der Waals surface area contributed by atoms with Gasteiger partial charge in [-0.3, -0.25) is 14.8 Å². The van der Waals surface area contributed by atoms with Crippen LogP contribution >= 0.6 is 0 Å². The van der Waals surface area contributed by atoms with Gasteiger partial charge < -0.3 is 5.73 Å². The average Bonchev–Trinajstić information content (AvgIpc) is 2.34. The molecule has 1 aromatic rings. The molecule has 1 fully saturated rings. The van der Waals surface area contributed by atoms with E-state index >= 15 is 0 Å². The number of nitrogens with two attached hydrogens (primary N) is 1. The van der Waals surface area contributed by atoms with E-state index < -0.39 is 0 Å². The molecular formula is C15H26N4. The second kappa shape index (κ2) is 5.10. The van der Waals surface area contributed by atoms with Gasteiger partial charge in [0.15, 0.2) is 0 Å². The largest absolute Gasteiger partial charge is 0.398 e. The number of likely N-dealkylation sites (N-methyl/N-ethyl adjacent to an activating group) is 1. The Hall–Kier alpha value is -1.13. The minimum absolute atomic E-state index is 0.225. The molecule has 19 heavy (non-hydrogen) atoms. The van der Waals surface area contributed by atoms with Crippen LogP contribution in [0, 0.1) is 13.8 Å². The first-order valence-corrected chi connectivity index (χ1v) is 6.95. The van der Waals surface area contributed by atoms with E-state index in [2.05, 4.69) is 42.6 Å². The highest BCUT2D eigenvalue weighted by molar-refractivity contribution is 5.53. The number of aryl methyl sites for hydroxylation is 1. The molecule has 0 unspecified atom stereocenters. The summed E-state index contributed by atoms with van der Waals surface area (Å²) in [4.78, 5) is 9.46. The maximum atomic E-state index is 6.10. The Balaban J connectivity index is 2.12. The van der Waals surface area contributed by atoms with Crippen molar-refractivity contribution in [3.8, 4) is 0 Å². The molecule has 4 heteroatoms. The van der Waals surface area contributed by atoms with Crippen LogP contribution in [0.25, 0.3) is 0 Å². The van der Waals surface area contributed by atoms with Gasteiger partial charge in [0.1, 0.15) is 0 Å². The van der Waals surface area contributed by atoms with Crippen molar-refractivity contribution in [3.63, 3.8) is 0 Å². The lowest BCUT2D eigenvalue weighted by Gasteiger charge is -2.45. The number of piperazine rings is 1. The van der Waals surface area contributed by atoms with Gasteiger partial charge in [-0.05, 0) is 45.9 Å². The predicted octanol–water partition coefficient (Wildman–Crippen LogP) is 1.81. The lowest BCUT2D eigenvalue weighted by Crippen LogP contribution is -2.57. The Labute approximate surface area is 116 Å². The van der Waals surface area contributed by atoms with E-state index in [9.17, 15) is 0 Å². The fourth-order valence-electron chi connectivity index (χ4n) is 2.64. The van der Waals surface area contributed by atoms with Gasteiger partial charge in [-0.1, -0.05) is 0 Å². The molecule has 0 saturated carbocycles. The van der Waals surface area contributed by atoms with Gasteiger partial charge in [0.25, 0.3) is 0 Å². The van der Waals surface area contributed by atoms with Crippen LogP contribution in [0.2, 0.25) is 0 Å². The summed E-state index contributed by atoms with van der Waals surface area (Å²) in [6.45, 7) is 12.8. The molecule has 1 saturated heterocycles.